The molecule has 0 aliphatic rings. The topological polar surface area (TPSA) is 98.5 Å². The Morgan fingerprint density at radius 3 is 2.50 bits per heavy atom. The first-order valence-corrected chi connectivity index (χ1v) is 6.03. The minimum Gasteiger partial charge on any atom is -0.497 e. The van der Waals surface area contributed by atoms with Crippen molar-refractivity contribution in [2.75, 3.05) is 18.1 Å². The molecule has 1 aromatic rings. The smallest absolute Gasteiger partial charge is 0.293 e. The van der Waals surface area contributed by atoms with E-state index < -0.39 is 14.9 Å². The van der Waals surface area contributed by atoms with Crippen LogP contribution < -0.4 is 9.46 Å². The number of hydrogen-bond acceptors (Lipinski definition) is 5. The van der Waals surface area contributed by atoms with Gasteiger partial charge in [0.25, 0.3) is 5.69 Å². The molecule has 0 saturated heterocycles. The highest BCUT2D eigenvalue weighted by molar-refractivity contribution is 7.92. The summed E-state index contributed by atoms with van der Waals surface area (Å²) < 4.78 is 28.9. The third kappa shape index (κ3) is 3.09. The molecule has 0 saturated carbocycles. The van der Waals surface area contributed by atoms with E-state index in [2.05, 4.69) is 4.72 Å². The number of methoxy groups -OCH3 is 1. The third-order valence-corrected chi connectivity index (χ3v) is 2.29. The second-order valence-corrected chi connectivity index (χ2v) is 4.76. The average molecular weight is 246 g/mol. The average Bonchev–Trinajstić information content (AvgIpc) is 2.14. The number of nitro benzene ring substituents is 1. The van der Waals surface area contributed by atoms with Crippen molar-refractivity contribution in [3.05, 3.63) is 28.3 Å². The predicted octanol–water partition coefficient (Wildman–Crippen LogP) is 0.975. The maximum Gasteiger partial charge on any atom is 0.293 e. The van der Waals surface area contributed by atoms with Gasteiger partial charge in [0, 0.05) is 12.1 Å². The molecule has 0 fully saturated rings. The molecule has 0 amide bonds. The highest BCUT2D eigenvalue weighted by Gasteiger charge is 2.17. The van der Waals surface area contributed by atoms with Gasteiger partial charge in [0.05, 0.1) is 18.3 Å². The zero-order valence-corrected chi connectivity index (χ0v) is 9.45. The predicted molar refractivity (Wildman–Crippen MR) is 58.1 cm³/mol. The number of anilines is 1. The summed E-state index contributed by atoms with van der Waals surface area (Å²) in [5.74, 6) is 0.330. The van der Waals surface area contributed by atoms with Crippen LogP contribution in [-0.2, 0) is 10.0 Å². The molecule has 7 nitrogen and oxygen atoms in total. The summed E-state index contributed by atoms with van der Waals surface area (Å²) in [5.41, 5.74) is -0.446. The van der Waals surface area contributed by atoms with Crippen LogP contribution in [0.5, 0.6) is 5.75 Å². The van der Waals surface area contributed by atoms with E-state index in [1.165, 1.54) is 25.3 Å². The number of nitro groups is 1. The molecule has 8 heteroatoms. The molecule has 0 heterocycles. The normalized spacial score (nSPS) is 10.9. The fourth-order valence-electron chi connectivity index (χ4n) is 1.08. The number of hydrogen-bond donors (Lipinski definition) is 1. The van der Waals surface area contributed by atoms with Crippen molar-refractivity contribution in [1.29, 1.82) is 0 Å². The fourth-order valence-corrected chi connectivity index (χ4v) is 1.65. The Balaban J connectivity index is 3.26. The molecular weight excluding hydrogens is 236 g/mol. The van der Waals surface area contributed by atoms with Crippen molar-refractivity contribution in [2.24, 2.45) is 0 Å². The molecule has 1 aromatic carbocycles. The summed E-state index contributed by atoms with van der Waals surface area (Å²) in [6, 6.07) is 3.80. The van der Waals surface area contributed by atoms with E-state index in [1.807, 2.05) is 0 Å². The molecule has 1 N–H and O–H groups in total. The summed E-state index contributed by atoms with van der Waals surface area (Å²) in [6.07, 6.45) is 0.913. The molecule has 0 aliphatic heterocycles. The van der Waals surface area contributed by atoms with Crippen LogP contribution in [0.4, 0.5) is 11.4 Å². The zero-order chi connectivity index (χ0) is 12.3. The zero-order valence-electron chi connectivity index (χ0n) is 8.63. The Hall–Kier alpha value is -1.83. The molecule has 0 aliphatic carbocycles. The van der Waals surface area contributed by atoms with Crippen LogP contribution in [0.2, 0.25) is 0 Å². The van der Waals surface area contributed by atoms with Crippen LogP contribution in [-0.4, -0.2) is 26.7 Å². The first-order chi connectivity index (χ1) is 7.33. The molecule has 0 radical (unpaired) electrons. The number of nitrogens with one attached hydrogen (secondary N) is 1. The highest BCUT2D eigenvalue weighted by Crippen LogP contribution is 2.29. The molecule has 1 rings (SSSR count). The van der Waals surface area contributed by atoms with E-state index in [4.69, 9.17) is 4.74 Å². The van der Waals surface area contributed by atoms with Crippen LogP contribution in [0.3, 0.4) is 0 Å². The maximum atomic E-state index is 11.0. The number of rotatable bonds is 4. The second-order valence-electron chi connectivity index (χ2n) is 3.01. The molecule has 0 bridgehead atoms. The quantitative estimate of drug-likeness (QED) is 0.630. The fraction of sp³-hybridized carbons (Fsp3) is 0.250. The van der Waals surface area contributed by atoms with Gasteiger partial charge in [0.1, 0.15) is 11.4 Å². The highest BCUT2D eigenvalue weighted by atomic mass is 32.2. The lowest BCUT2D eigenvalue weighted by Crippen LogP contribution is -2.11. The van der Waals surface area contributed by atoms with Gasteiger partial charge in [-0.3, -0.25) is 14.8 Å². The lowest BCUT2D eigenvalue weighted by molar-refractivity contribution is -0.383. The second kappa shape index (κ2) is 4.35. The minimum absolute atomic E-state index is 0.119. The van der Waals surface area contributed by atoms with Crippen LogP contribution >= 0.6 is 0 Å². The van der Waals surface area contributed by atoms with E-state index >= 15 is 0 Å². The Kier molecular flexibility index (Phi) is 3.33. The molecule has 0 unspecified atom stereocenters. The van der Waals surface area contributed by atoms with E-state index in [0.29, 0.717) is 5.75 Å². The van der Waals surface area contributed by atoms with Gasteiger partial charge >= 0.3 is 0 Å². The molecule has 16 heavy (non-hydrogen) atoms. The number of nitrogens with zero attached hydrogens (tertiary/aromatic N) is 1. The van der Waals surface area contributed by atoms with E-state index in [1.54, 1.807) is 0 Å². The SMILES string of the molecule is COc1ccc([N+](=O)[O-])c(NS(C)(=O)=O)c1. The van der Waals surface area contributed by atoms with Crippen LogP contribution in [0.25, 0.3) is 0 Å². The Morgan fingerprint density at radius 1 is 1.44 bits per heavy atom. The number of benzene rings is 1. The van der Waals surface area contributed by atoms with Gasteiger partial charge in [-0.25, -0.2) is 8.42 Å². The van der Waals surface area contributed by atoms with Gasteiger partial charge in [-0.1, -0.05) is 0 Å². The van der Waals surface area contributed by atoms with Crippen LogP contribution in [0.1, 0.15) is 0 Å². The van der Waals surface area contributed by atoms with Gasteiger partial charge in [-0.15, -0.1) is 0 Å². The van der Waals surface area contributed by atoms with Gasteiger partial charge < -0.3 is 4.74 Å². The molecule has 0 atom stereocenters. The van der Waals surface area contributed by atoms with Crippen molar-refractivity contribution in [3.63, 3.8) is 0 Å². The molecular formula is C8H10N2O5S. The largest absolute Gasteiger partial charge is 0.497 e. The van der Waals surface area contributed by atoms with E-state index in [9.17, 15) is 18.5 Å². The lowest BCUT2D eigenvalue weighted by Gasteiger charge is -2.06. The summed E-state index contributed by atoms with van der Waals surface area (Å²) in [6.45, 7) is 0. The minimum atomic E-state index is -3.57. The van der Waals surface area contributed by atoms with Crippen molar-refractivity contribution < 1.29 is 18.1 Å². The summed E-state index contributed by atoms with van der Waals surface area (Å²) in [4.78, 5) is 9.96. The monoisotopic (exact) mass is 246 g/mol. The molecule has 0 aromatic heterocycles. The Bertz CT molecular complexity index is 511. The standard InChI is InChI=1S/C8H10N2O5S/c1-15-6-3-4-8(10(11)12)7(5-6)9-16(2,13)14/h3-5,9H,1-2H3. The van der Waals surface area contributed by atoms with Gasteiger partial charge in [-0.2, -0.15) is 0 Å². The number of ether oxygens (including phenoxy) is 1. The molecule has 88 valence electrons. The van der Waals surface area contributed by atoms with E-state index in [0.717, 1.165) is 6.26 Å². The van der Waals surface area contributed by atoms with Crippen LogP contribution in [0, 0.1) is 10.1 Å². The first kappa shape index (κ1) is 12.2. The van der Waals surface area contributed by atoms with Crippen molar-refractivity contribution in [2.45, 2.75) is 0 Å². The molecule has 0 spiro atoms. The summed E-state index contributed by atoms with van der Waals surface area (Å²) >= 11 is 0. The van der Waals surface area contributed by atoms with Gasteiger partial charge in [-0.05, 0) is 6.07 Å². The van der Waals surface area contributed by atoms with Crippen molar-refractivity contribution >= 4 is 21.4 Å². The van der Waals surface area contributed by atoms with Gasteiger partial charge in [0.2, 0.25) is 10.0 Å². The van der Waals surface area contributed by atoms with Crippen LogP contribution in [0.15, 0.2) is 18.2 Å². The summed E-state index contributed by atoms with van der Waals surface area (Å²) in [7, 11) is -2.19. The number of sulfonamides is 1. The van der Waals surface area contributed by atoms with Crippen molar-refractivity contribution in [1.82, 2.24) is 0 Å². The Morgan fingerprint density at radius 2 is 2.06 bits per heavy atom. The lowest BCUT2D eigenvalue weighted by atomic mass is 10.2. The van der Waals surface area contributed by atoms with Gasteiger partial charge in [0.15, 0.2) is 0 Å². The Labute approximate surface area is 92.2 Å². The van der Waals surface area contributed by atoms with E-state index in [-0.39, 0.29) is 11.4 Å². The van der Waals surface area contributed by atoms with Crippen molar-refractivity contribution in [3.8, 4) is 5.75 Å². The third-order valence-electron chi connectivity index (χ3n) is 1.70. The first-order valence-electron chi connectivity index (χ1n) is 4.13. The maximum absolute atomic E-state index is 11.0. The summed E-state index contributed by atoms with van der Waals surface area (Å²) in [5, 5.41) is 10.6.